The summed E-state index contributed by atoms with van der Waals surface area (Å²) >= 11 is 0. The summed E-state index contributed by atoms with van der Waals surface area (Å²) in [6, 6.07) is 12.3. The van der Waals surface area contributed by atoms with E-state index in [9.17, 15) is 9.59 Å². The van der Waals surface area contributed by atoms with Crippen LogP contribution in [-0.2, 0) is 6.42 Å². The highest BCUT2D eigenvalue weighted by Gasteiger charge is 2.27. The number of carbonyl (C=O) groups excluding carboxylic acids is 2. The van der Waals surface area contributed by atoms with Gasteiger partial charge in [0.25, 0.3) is 0 Å². The third kappa shape index (κ3) is 1.69. The molecule has 4 nitrogen and oxygen atoms in total. The van der Waals surface area contributed by atoms with Gasteiger partial charge in [0.2, 0.25) is 0 Å². The van der Waals surface area contributed by atoms with Gasteiger partial charge in [0.1, 0.15) is 6.29 Å². The molecule has 0 unspecified atom stereocenters. The predicted molar refractivity (Wildman–Crippen MR) is 72.8 cm³/mol. The molecule has 0 atom stereocenters. The van der Waals surface area contributed by atoms with E-state index in [-0.39, 0.29) is 0 Å². The van der Waals surface area contributed by atoms with Crippen LogP contribution in [0.3, 0.4) is 0 Å². The lowest BCUT2D eigenvalue weighted by Gasteiger charge is -2.30. The first-order chi connectivity index (χ1) is 9.22. The van der Waals surface area contributed by atoms with Gasteiger partial charge >= 0.3 is 6.03 Å². The molecular formula is C15H12N2O2. The standard InChI is InChI=1S/C15H12N2O2/c16-15(19)17-13-6-2-1-4-10(13)8-12-11(9-18)5-3-7-14(12)17/h1-7,9H,8H2,(H2,16,19). The highest BCUT2D eigenvalue weighted by molar-refractivity contribution is 6.02. The van der Waals surface area contributed by atoms with Gasteiger partial charge in [-0.15, -0.1) is 0 Å². The lowest BCUT2D eigenvalue weighted by molar-refractivity contribution is 0.112. The number of benzene rings is 2. The number of aldehydes is 1. The van der Waals surface area contributed by atoms with E-state index in [1.165, 1.54) is 4.90 Å². The lowest BCUT2D eigenvalue weighted by atomic mass is 9.92. The molecule has 0 aliphatic carbocycles. The molecule has 0 saturated carbocycles. The maximum Gasteiger partial charge on any atom is 0.323 e. The number of para-hydroxylation sites is 1. The van der Waals surface area contributed by atoms with Crippen molar-refractivity contribution in [2.24, 2.45) is 5.73 Å². The van der Waals surface area contributed by atoms with E-state index in [0.717, 1.165) is 23.1 Å². The predicted octanol–water partition coefficient (Wildman–Crippen LogP) is 2.62. The van der Waals surface area contributed by atoms with Crippen LogP contribution in [0.2, 0.25) is 0 Å². The first-order valence-electron chi connectivity index (χ1n) is 5.97. The zero-order chi connectivity index (χ0) is 13.4. The smallest absolute Gasteiger partial charge is 0.323 e. The van der Waals surface area contributed by atoms with Gasteiger partial charge < -0.3 is 5.73 Å². The average Bonchev–Trinajstić information content (AvgIpc) is 2.43. The molecular weight excluding hydrogens is 240 g/mol. The molecule has 2 aromatic rings. The fraction of sp³-hybridized carbons (Fsp3) is 0.0667. The summed E-state index contributed by atoms with van der Waals surface area (Å²) in [4.78, 5) is 24.3. The summed E-state index contributed by atoms with van der Waals surface area (Å²) < 4.78 is 0. The van der Waals surface area contributed by atoms with E-state index < -0.39 is 6.03 Å². The largest absolute Gasteiger partial charge is 0.351 e. The Kier molecular flexibility index (Phi) is 2.56. The molecule has 0 aromatic heterocycles. The number of nitrogens with two attached hydrogens (primary N) is 1. The number of carbonyl (C=O) groups is 2. The first kappa shape index (κ1) is 11.5. The van der Waals surface area contributed by atoms with Crippen molar-refractivity contribution in [2.45, 2.75) is 6.42 Å². The van der Waals surface area contributed by atoms with Crippen molar-refractivity contribution in [3.8, 4) is 0 Å². The Morgan fingerprint density at radius 2 is 1.84 bits per heavy atom. The Labute approximate surface area is 110 Å². The van der Waals surface area contributed by atoms with Crippen molar-refractivity contribution in [1.82, 2.24) is 0 Å². The van der Waals surface area contributed by atoms with E-state index >= 15 is 0 Å². The zero-order valence-electron chi connectivity index (χ0n) is 10.2. The van der Waals surface area contributed by atoms with Crippen LogP contribution in [0.4, 0.5) is 16.2 Å². The van der Waals surface area contributed by atoms with Crippen LogP contribution < -0.4 is 10.6 Å². The van der Waals surface area contributed by atoms with Crippen LogP contribution in [-0.4, -0.2) is 12.3 Å². The molecule has 0 saturated heterocycles. The Hall–Kier alpha value is -2.62. The van der Waals surface area contributed by atoms with Crippen molar-refractivity contribution in [3.05, 3.63) is 59.2 Å². The van der Waals surface area contributed by atoms with Crippen molar-refractivity contribution in [2.75, 3.05) is 4.90 Å². The summed E-state index contributed by atoms with van der Waals surface area (Å²) in [7, 11) is 0. The van der Waals surface area contributed by atoms with Gasteiger partial charge in [-0.1, -0.05) is 30.3 Å². The summed E-state index contributed by atoms with van der Waals surface area (Å²) in [6.45, 7) is 0. The van der Waals surface area contributed by atoms with Gasteiger partial charge in [-0.3, -0.25) is 9.69 Å². The summed E-state index contributed by atoms with van der Waals surface area (Å²) in [5.41, 5.74) is 9.39. The fourth-order valence-electron chi connectivity index (χ4n) is 2.54. The van der Waals surface area contributed by atoms with Crippen molar-refractivity contribution in [3.63, 3.8) is 0 Å². The molecule has 2 N–H and O–H groups in total. The number of fused-ring (bicyclic) bond motifs is 2. The topological polar surface area (TPSA) is 63.4 Å². The molecule has 1 aliphatic rings. The summed E-state index contributed by atoms with van der Waals surface area (Å²) in [6.07, 6.45) is 1.44. The molecule has 2 amide bonds. The number of hydrogen-bond acceptors (Lipinski definition) is 2. The van der Waals surface area contributed by atoms with Crippen LogP contribution in [0, 0.1) is 0 Å². The molecule has 4 heteroatoms. The van der Waals surface area contributed by atoms with Crippen LogP contribution in [0.1, 0.15) is 21.5 Å². The molecule has 94 valence electrons. The maximum absolute atomic E-state index is 11.7. The third-order valence-electron chi connectivity index (χ3n) is 3.38. The van der Waals surface area contributed by atoms with Gasteiger partial charge in [-0.2, -0.15) is 0 Å². The fourth-order valence-corrected chi connectivity index (χ4v) is 2.54. The maximum atomic E-state index is 11.7. The molecule has 0 radical (unpaired) electrons. The van der Waals surface area contributed by atoms with Gasteiger partial charge in [0.15, 0.2) is 0 Å². The SMILES string of the molecule is NC(=O)N1c2ccccc2Cc2c(C=O)cccc21. The van der Waals surface area contributed by atoms with Gasteiger partial charge in [-0.05, 0) is 23.3 Å². The number of anilines is 2. The minimum atomic E-state index is -0.545. The highest BCUT2D eigenvalue weighted by Crippen LogP contribution is 2.39. The second kappa shape index (κ2) is 4.24. The number of primary amides is 1. The minimum absolute atomic E-state index is 0.545. The zero-order valence-corrected chi connectivity index (χ0v) is 10.2. The number of amides is 2. The minimum Gasteiger partial charge on any atom is -0.351 e. The second-order valence-electron chi connectivity index (χ2n) is 4.44. The second-order valence-corrected chi connectivity index (χ2v) is 4.44. The Bertz CT molecular complexity index is 680. The number of nitrogens with zero attached hydrogens (tertiary/aromatic N) is 1. The molecule has 0 fully saturated rings. The Morgan fingerprint density at radius 1 is 1.11 bits per heavy atom. The van der Waals surface area contributed by atoms with Crippen molar-refractivity contribution >= 4 is 23.7 Å². The van der Waals surface area contributed by atoms with E-state index in [1.807, 2.05) is 30.3 Å². The van der Waals surface area contributed by atoms with Gasteiger partial charge in [0.05, 0.1) is 11.4 Å². The summed E-state index contributed by atoms with van der Waals surface area (Å²) in [5.74, 6) is 0. The highest BCUT2D eigenvalue weighted by atomic mass is 16.2. The molecule has 1 heterocycles. The number of rotatable bonds is 1. The first-order valence-corrected chi connectivity index (χ1v) is 5.97. The quantitative estimate of drug-likeness (QED) is 0.793. The molecule has 2 aromatic carbocycles. The lowest BCUT2D eigenvalue weighted by Crippen LogP contribution is -2.35. The third-order valence-corrected chi connectivity index (χ3v) is 3.38. The number of urea groups is 1. The van der Waals surface area contributed by atoms with Crippen LogP contribution in [0.25, 0.3) is 0 Å². The molecule has 0 spiro atoms. The molecule has 19 heavy (non-hydrogen) atoms. The Balaban J connectivity index is 2.28. The van der Waals surface area contributed by atoms with E-state index in [2.05, 4.69) is 0 Å². The normalized spacial score (nSPS) is 12.5. The Morgan fingerprint density at radius 3 is 2.58 bits per heavy atom. The molecule has 1 aliphatic heterocycles. The van der Waals surface area contributed by atoms with Gasteiger partial charge in [0, 0.05) is 12.0 Å². The van der Waals surface area contributed by atoms with Gasteiger partial charge in [-0.25, -0.2) is 4.79 Å². The number of hydrogen-bond donors (Lipinski definition) is 1. The van der Waals surface area contributed by atoms with Crippen LogP contribution in [0.15, 0.2) is 42.5 Å². The monoisotopic (exact) mass is 252 g/mol. The molecule has 0 bridgehead atoms. The van der Waals surface area contributed by atoms with E-state index in [1.54, 1.807) is 12.1 Å². The summed E-state index contributed by atoms with van der Waals surface area (Å²) in [5, 5.41) is 0. The average molecular weight is 252 g/mol. The van der Waals surface area contributed by atoms with Crippen molar-refractivity contribution < 1.29 is 9.59 Å². The van der Waals surface area contributed by atoms with Crippen LogP contribution >= 0.6 is 0 Å². The van der Waals surface area contributed by atoms with E-state index in [0.29, 0.717) is 17.7 Å². The van der Waals surface area contributed by atoms with Crippen LogP contribution in [0.5, 0.6) is 0 Å². The van der Waals surface area contributed by atoms with E-state index in [4.69, 9.17) is 5.73 Å². The molecule has 3 rings (SSSR count). The van der Waals surface area contributed by atoms with Crippen molar-refractivity contribution in [1.29, 1.82) is 0 Å².